The van der Waals surface area contributed by atoms with E-state index < -0.39 is 20.0 Å². The van der Waals surface area contributed by atoms with Gasteiger partial charge < -0.3 is 19.8 Å². The molecule has 3 atom stereocenters. The van der Waals surface area contributed by atoms with Crippen LogP contribution in [0.5, 0.6) is 0 Å². The van der Waals surface area contributed by atoms with Gasteiger partial charge in [0.15, 0.2) is 0 Å². The van der Waals surface area contributed by atoms with Crippen LogP contribution >= 0.6 is 7.82 Å². The summed E-state index contributed by atoms with van der Waals surface area (Å²) in [6, 6.07) is -0.863. The van der Waals surface area contributed by atoms with Gasteiger partial charge in [-0.2, -0.15) is 0 Å². The Kier molecular flexibility index (Phi) is 34.1. The molecule has 0 aliphatic carbocycles. The predicted octanol–water partition coefficient (Wildman–Crippen LogP) is 11.3. The third kappa shape index (κ3) is 36.8. The van der Waals surface area contributed by atoms with E-state index >= 15 is 0 Å². The van der Waals surface area contributed by atoms with Crippen LogP contribution in [0.15, 0.2) is 48.6 Å². The van der Waals surface area contributed by atoms with Gasteiger partial charge in [0.25, 0.3) is 0 Å². The van der Waals surface area contributed by atoms with Crippen molar-refractivity contribution >= 4 is 13.7 Å². The van der Waals surface area contributed by atoms with E-state index in [1.807, 2.05) is 27.2 Å². The number of nitrogens with one attached hydrogen (secondary N) is 1. The molecule has 0 bridgehead atoms. The number of nitrogens with zero attached hydrogens (tertiary/aromatic N) is 1. The maximum atomic E-state index is 12.8. The minimum absolute atomic E-state index is 0.0538. The number of likely N-dealkylation sites (N-methyl/N-ethyl adjacent to an activating group) is 1. The number of allylic oxidation sites excluding steroid dienone is 7. The van der Waals surface area contributed by atoms with Gasteiger partial charge in [0.2, 0.25) is 5.91 Å². The number of carbonyl (C=O) groups excluding carboxylic acids is 1. The molecule has 0 radical (unpaired) electrons. The smallest absolute Gasteiger partial charge is 0.387 e. The van der Waals surface area contributed by atoms with Gasteiger partial charge in [-0.1, -0.05) is 146 Å². The monoisotopic (exact) mass is 754 g/mol. The van der Waals surface area contributed by atoms with Crippen molar-refractivity contribution in [2.75, 3.05) is 40.9 Å². The lowest BCUT2D eigenvalue weighted by Crippen LogP contribution is -2.45. The predicted molar refractivity (Wildman–Crippen MR) is 221 cm³/mol. The summed E-state index contributed by atoms with van der Waals surface area (Å²) in [5.41, 5.74) is 0. The molecule has 3 unspecified atom stereocenters. The number of unbranched alkanes of at least 4 members (excludes halogenated alkanes) is 18. The molecule has 0 aromatic carbocycles. The molecule has 0 aromatic rings. The third-order valence-electron chi connectivity index (χ3n) is 9.02. The van der Waals surface area contributed by atoms with Crippen LogP contribution in [-0.4, -0.2) is 73.4 Å². The Hall–Kier alpha value is -1.54. The summed E-state index contributed by atoms with van der Waals surface area (Å²) < 4.78 is 23.5. The number of carbonyl (C=O) groups is 1. The highest BCUT2D eigenvalue weighted by molar-refractivity contribution is 7.47. The van der Waals surface area contributed by atoms with Crippen molar-refractivity contribution in [1.29, 1.82) is 0 Å². The highest BCUT2D eigenvalue weighted by Crippen LogP contribution is 2.43. The fraction of sp³-hybridized carbons (Fsp3) is 0.791. The Morgan fingerprint density at radius 2 is 1.12 bits per heavy atom. The van der Waals surface area contributed by atoms with Crippen molar-refractivity contribution in [1.82, 2.24) is 5.32 Å². The molecule has 0 rings (SSSR count). The number of hydrogen-bond acceptors (Lipinski definition) is 5. The van der Waals surface area contributed by atoms with E-state index in [1.54, 1.807) is 6.08 Å². The molecule has 0 fully saturated rings. The average Bonchev–Trinajstić information content (AvgIpc) is 3.09. The summed E-state index contributed by atoms with van der Waals surface area (Å²) in [5, 5.41) is 13.7. The van der Waals surface area contributed by atoms with Gasteiger partial charge >= 0.3 is 7.82 Å². The molecular weight excluding hydrogens is 671 g/mol. The molecule has 0 heterocycles. The van der Waals surface area contributed by atoms with Gasteiger partial charge in [0, 0.05) is 6.42 Å². The van der Waals surface area contributed by atoms with Gasteiger partial charge in [-0.15, -0.1) is 0 Å². The third-order valence-corrected chi connectivity index (χ3v) is 10.0. The Morgan fingerprint density at radius 3 is 1.69 bits per heavy atom. The molecule has 8 nitrogen and oxygen atoms in total. The lowest BCUT2D eigenvalue weighted by atomic mass is 10.1. The summed E-state index contributed by atoms with van der Waals surface area (Å²) in [5.74, 6) is -0.196. The first kappa shape index (κ1) is 50.5. The van der Waals surface area contributed by atoms with E-state index in [4.69, 9.17) is 9.05 Å². The quantitative estimate of drug-likeness (QED) is 0.0252. The average molecular weight is 754 g/mol. The highest BCUT2D eigenvalue weighted by atomic mass is 31.2. The van der Waals surface area contributed by atoms with Crippen molar-refractivity contribution < 1.29 is 32.9 Å². The zero-order valence-corrected chi connectivity index (χ0v) is 35.2. The van der Waals surface area contributed by atoms with E-state index in [0.717, 1.165) is 44.9 Å². The maximum absolute atomic E-state index is 12.8. The molecule has 0 saturated carbocycles. The van der Waals surface area contributed by atoms with Crippen molar-refractivity contribution in [3.05, 3.63) is 48.6 Å². The van der Waals surface area contributed by atoms with Gasteiger partial charge in [-0.05, 0) is 64.2 Å². The first-order valence-electron chi connectivity index (χ1n) is 21.0. The van der Waals surface area contributed by atoms with Crippen molar-refractivity contribution in [3.8, 4) is 0 Å². The van der Waals surface area contributed by atoms with E-state index in [0.29, 0.717) is 17.4 Å². The second kappa shape index (κ2) is 35.2. The Balaban J connectivity index is 4.43. The van der Waals surface area contributed by atoms with Crippen LogP contribution < -0.4 is 5.32 Å². The summed E-state index contributed by atoms with van der Waals surface area (Å²) in [4.78, 5) is 23.0. The van der Waals surface area contributed by atoms with E-state index in [1.165, 1.54) is 103 Å². The molecule has 9 heteroatoms. The second-order valence-electron chi connectivity index (χ2n) is 15.4. The number of amides is 1. The Labute approximate surface area is 320 Å². The van der Waals surface area contributed by atoms with E-state index in [-0.39, 0.29) is 19.1 Å². The Morgan fingerprint density at radius 1 is 0.654 bits per heavy atom. The zero-order valence-electron chi connectivity index (χ0n) is 34.3. The molecule has 0 spiro atoms. The minimum Gasteiger partial charge on any atom is -0.387 e. The van der Waals surface area contributed by atoms with Crippen LogP contribution in [0.1, 0.15) is 168 Å². The van der Waals surface area contributed by atoms with Crippen LogP contribution in [0.4, 0.5) is 0 Å². The molecule has 0 aliphatic heterocycles. The van der Waals surface area contributed by atoms with Gasteiger partial charge in [0.05, 0.1) is 39.9 Å². The number of quaternary nitrogens is 1. The van der Waals surface area contributed by atoms with E-state index in [9.17, 15) is 19.4 Å². The van der Waals surface area contributed by atoms with Gasteiger partial charge in [-0.3, -0.25) is 13.8 Å². The lowest BCUT2D eigenvalue weighted by molar-refractivity contribution is -0.870. The maximum Gasteiger partial charge on any atom is 0.472 e. The fourth-order valence-corrected chi connectivity index (χ4v) is 6.35. The molecule has 3 N–H and O–H groups in total. The van der Waals surface area contributed by atoms with Crippen molar-refractivity contribution in [2.45, 2.75) is 180 Å². The number of phosphoric acid groups is 1. The second-order valence-corrected chi connectivity index (χ2v) is 16.8. The van der Waals surface area contributed by atoms with Crippen molar-refractivity contribution in [3.63, 3.8) is 0 Å². The molecule has 52 heavy (non-hydrogen) atoms. The summed E-state index contributed by atoms with van der Waals surface area (Å²) in [6.07, 6.45) is 43.2. The largest absolute Gasteiger partial charge is 0.472 e. The summed E-state index contributed by atoms with van der Waals surface area (Å²) in [6.45, 7) is 4.72. The zero-order chi connectivity index (χ0) is 38.6. The number of hydrogen-bond donors (Lipinski definition) is 3. The molecule has 304 valence electrons. The van der Waals surface area contributed by atoms with Crippen LogP contribution in [0.25, 0.3) is 0 Å². The van der Waals surface area contributed by atoms with Gasteiger partial charge in [0.1, 0.15) is 13.2 Å². The molecule has 0 aromatic heterocycles. The van der Waals surface area contributed by atoms with Crippen LogP contribution in [0.2, 0.25) is 0 Å². The highest BCUT2D eigenvalue weighted by Gasteiger charge is 2.27. The SMILES string of the molecule is CCCCC/C=C\C/C=C\CCCCCCCCCCCC(=O)NC(COP(=O)(O)OCC[N+](C)(C)C)C(O)/C=C/CC/C=C/CCCCCCC. The van der Waals surface area contributed by atoms with E-state index in [2.05, 4.69) is 55.6 Å². The van der Waals surface area contributed by atoms with Crippen LogP contribution in [-0.2, 0) is 18.4 Å². The molecule has 0 aliphatic rings. The first-order chi connectivity index (χ1) is 25.0. The van der Waals surface area contributed by atoms with Crippen LogP contribution in [0.3, 0.4) is 0 Å². The van der Waals surface area contributed by atoms with Gasteiger partial charge in [-0.25, -0.2) is 4.57 Å². The summed E-state index contributed by atoms with van der Waals surface area (Å²) >= 11 is 0. The normalized spacial score (nSPS) is 15.0. The first-order valence-corrected chi connectivity index (χ1v) is 22.5. The molecule has 1 amide bonds. The number of rotatable bonds is 37. The lowest BCUT2D eigenvalue weighted by Gasteiger charge is -2.25. The Bertz CT molecular complexity index is 991. The number of phosphoric ester groups is 1. The van der Waals surface area contributed by atoms with Crippen LogP contribution in [0, 0.1) is 0 Å². The molecule has 0 saturated heterocycles. The molecular formula is C43H82N2O6P+. The topological polar surface area (TPSA) is 105 Å². The number of aliphatic hydroxyl groups excluding tert-OH is 1. The fourth-order valence-electron chi connectivity index (χ4n) is 5.61. The summed E-state index contributed by atoms with van der Waals surface area (Å²) in [7, 11) is 1.54. The van der Waals surface area contributed by atoms with Crippen molar-refractivity contribution in [2.24, 2.45) is 0 Å². The standard InChI is InChI=1S/C43H81N2O6P/c1-6-8-10-12-14-16-18-19-20-21-22-23-24-25-27-29-31-33-35-37-43(47)44-41(40-51-52(48,49)50-39-38-45(3,4)5)42(46)36-34-32-30-28-26-17-15-13-11-9-7-2/h14,16,19-20,26,28,34,36,41-42,46H,6-13,15,17-18,21-25,27,29-33,35,37-40H2,1-5H3,(H-,44,47,48,49)/p+1/b16-14-,20-19-,28-26+,36-34+. The minimum atomic E-state index is -4.34. The number of aliphatic hydroxyl groups is 1.